The normalized spacial score (nSPS) is 11.4. The van der Waals surface area contributed by atoms with E-state index in [2.05, 4.69) is 165 Å². The Morgan fingerprint density at radius 3 is 1.95 bits per heavy atom. The van der Waals surface area contributed by atoms with Crippen molar-refractivity contribution in [3.05, 3.63) is 144 Å². The lowest BCUT2D eigenvalue weighted by Gasteiger charge is -2.27. The summed E-state index contributed by atoms with van der Waals surface area (Å²) in [7, 11) is 0. The molecule has 0 amide bonds. The molecule has 176 valence electrons. The van der Waals surface area contributed by atoms with Crippen molar-refractivity contribution >= 4 is 65.6 Å². The monoisotopic (exact) mass is 538 g/mol. The molecule has 1 aromatic heterocycles. The van der Waals surface area contributed by atoms with E-state index < -0.39 is 0 Å². The van der Waals surface area contributed by atoms with Crippen molar-refractivity contribution in [3.8, 4) is 5.69 Å². The van der Waals surface area contributed by atoms with E-state index in [-0.39, 0.29) is 0 Å². The van der Waals surface area contributed by atoms with Crippen LogP contribution in [-0.4, -0.2) is 4.57 Å². The van der Waals surface area contributed by atoms with Gasteiger partial charge in [0.05, 0.1) is 16.7 Å². The van der Waals surface area contributed by atoms with Gasteiger partial charge in [0.15, 0.2) is 0 Å². The highest BCUT2D eigenvalue weighted by atomic mass is 79.9. The van der Waals surface area contributed by atoms with Gasteiger partial charge in [-0.3, -0.25) is 0 Å². The Bertz CT molecular complexity index is 1880. The maximum atomic E-state index is 3.70. The highest BCUT2D eigenvalue weighted by Gasteiger charge is 2.18. The van der Waals surface area contributed by atoms with Crippen LogP contribution in [0.4, 0.5) is 17.1 Å². The topological polar surface area (TPSA) is 8.17 Å². The fraction of sp³-hybridized carbons (Fsp3) is 0. The van der Waals surface area contributed by atoms with Gasteiger partial charge in [0.1, 0.15) is 0 Å². The van der Waals surface area contributed by atoms with Crippen LogP contribution in [0, 0.1) is 0 Å². The van der Waals surface area contributed by atoms with Crippen molar-refractivity contribution in [3.63, 3.8) is 0 Å². The molecular weight excluding hydrogens is 516 g/mol. The minimum Gasteiger partial charge on any atom is -0.310 e. The molecule has 0 radical (unpaired) electrons. The summed E-state index contributed by atoms with van der Waals surface area (Å²) in [6.07, 6.45) is 0. The van der Waals surface area contributed by atoms with Crippen molar-refractivity contribution in [2.24, 2.45) is 0 Å². The Labute approximate surface area is 224 Å². The van der Waals surface area contributed by atoms with Crippen LogP contribution in [0.5, 0.6) is 0 Å². The van der Waals surface area contributed by atoms with Crippen LogP contribution in [0.3, 0.4) is 0 Å². The van der Waals surface area contributed by atoms with Crippen LogP contribution in [-0.2, 0) is 0 Å². The molecule has 0 aliphatic carbocycles. The summed E-state index contributed by atoms with van der Waals surface area (Å²) in [6, 6.07) is 49.7. The first kappa shape index (κ1) is 21.9. The van der Waals surface area contributed by atoms with Crippen LogP contribution in [0.25, 0.3) is 38.3 Å². The summed E-state index contributed by atoms with van der Waals surface area (Å²) in [5.74, 6) is 0. The number of nitrogens with zero attached hydrogens (tertiary/aromatic N) is 2. The van der Waals surface area contributed by atoms with Crippen molar-refractivity contribution in [2.75, 3.05) is 4.90 Å². The SMILES string of the molecule is Brc1ccc2c3ccc(N(c4ccccc4)c4cccc5ccccc45)cc3n(-c3ccccc3)c2c1. The number of rotatable bonds is 4. The van der Waals surface area contributed by atoms with Crippen molar-refractivity contribution < 1.29 is 0 Å². The molecule has 0 saturated carbocycles. The molecule has 6 aromatic carbocycles. The largest absolute Gasteiger partial charge is 0.310 e. The number of anilines is 3. The molecular formula is C34H23BrN2. The summed E-state index contributed by atoms with van der Waals surface area (Å²) >= 11 is 3.70. The Kier molecular flexibility index (Phi) is 5.30. The fourth-order valence-electron chi connectivity index (χ4n) is 5.38. The third-order valence-electron chi connectivity index (χ3n) is 7.01. The predicted molar refractivity (Wildman–Crippen MR) is 161 cm³/mol. The van der Waals surface area contributed by atoms with E-state index in [0.29, 0.717) is 0 Å². The van der Waals surface area contributed by atoms with E-state index in [4.69, 9.17) is 0 Å². The summed E-state index contributed by atoms with van der Waals surface area (Å²) in [5.41, 5.74) is 6.92. The first-order valence-corrected chi connectivity index (χ1v) is 13.2. The number of fused-ring (bicyclic) bond motifs is 4. The second kappa shape index (κ2) is 8.95. The number of halogens is 1. The summed E-state index contributed by atoms with van der Waals surface area (Å²) in [6.45, 7) is 0. The zero-order valence-electron chi connectivity index (χ0n) is 20.1. The predicted octanol–water partition coefficient (Wildman–Crippen LogP) is 10.2. The minimum absolute atomic E-state index is 1.07. The lowest BCUT2D eigenvalue weighted by Crippen LogP contribution is -2.10. The maximum Gasteiger partial charge on any atom is 0.0561 e. The summed E-state index contributed by atoms with van der Waals surface area (Å²) in [4.78, 5) is 2.37. The van der Waals surface area contributed by atoms with E-state index in [1.54, 1.807) is 0 Å². The van der Waals surface area contributed by atoms with Gasteiger partial charge >= 0.3 is 0 Å². The first-order chi connectivity index (χ1) is 18.3. The smallest absolute Gasteiger partial charge is 0.0561 e. The molecule has 0 saturated heterocycles. The Balaban J connectivity index is 1.55. The third-order valence-corrected chi connectivity index (χ3v) is 7.50. The number of benzene rings is 6. The van der Waals surface area contributed by atoms with Gasteiger partial charge in [-0.25, -0.2) is 0 Å². The van der Waals surface area contributed by atoms with Crippen LogP contribution in [0.2, 0.25) is 0 Å². The molecule has 7 aromatic rings. The van der Waals surface area contributed by atoms with Crippen LogP contribution in [0.1, 0.15) is 0 Å². The van der Waals surface area contributed by atoms with E-state index >= 15 is 0 Å². The molecule has 0 aliphatic heterocycles. The number of hydrogen-bond donors (Lipinski definition) is 0. The zero-order valence-corrected chi connectivity index (χ0v) is 21.6. The molecule has 0 bridgehead atoms. The molecule has 0 atom stereocenters. The molecule has 2 nitrogen and oxygen atoms in total. The van der Waals surface area contributed by atoms with Crippen LogP contribution >= 0.6 is 15.9 Å². The fourth-order valence-corrected chi connectivity index (χ4v) is 5.73. The standard InChI is InChI=1S/C34H23BrN2/c35-25-18-20-30-31-21-19-28(23-34(31)37(33(30)22-25)27-14-5-2-6-15-27)36(26-12-3-1-4-13-26)32-17-9-11-24-10-7-8-16-29(24)32/h1-23H. The van der Waals surface area contributed by atoms with Gasteiger partial charge in [0.2, 0.25) is 0 Å². The Morgan fingerprint density at radius 1 is 0.486 bits per heavy atom. The molecule has 37 heavy (non-hydrogen) atoms. The average molecular weight is 539 g/mol. The van der Waals surface area contributed by atoms with E-state index in [0.717, 1.165) is 27.2 Å². The number of aromatic nitrogens is 1. The highest BCUT2D eigenvalue weighted by Crippen LogP contribution is 2.42. The zero-order chi connectivity index (χ0) is 24.8. The Morgan fingerprint density at radius 2 is 1.14 bits per heavy atom. The van der Waals surface area contributed by atoms with Gasteiger partial charge in [0, 0.05) is 37.7 Å². The molecule has 7 rings (SSSR count). The summed E-state index contributed by atoms with van der Waals surface area (Å²) in [5, 5.41) is 4.93. The first-order valence-electron chi connectivity index (χ1n) is 12.4. The van der Waals surface area contributed by atoms with Gasteiger partial charge in [-0.05, 0) is 60.0 Å². The molecule has 0 fully saturated rings. The lowest BCUT2D eigenvalue weighted by atomic mass is 10.1. The summed E-state index contributed by atoms with van der Waals surface area (Å²) < 4.78 is 3.44. The van der Waals surface area contributed by atoms with Gasteiger partial charge < -0.3 is 9.47 Å². The van der Waals surface area contributed by atoms with Crippen molar-refractivity contribution in [1.29, 1.82) is 0 Å². The lowest BCUT2D eigenvalue weighted by molar-refractivity contribution is 1.18. The molecule has 0 unspecified atom stereocenters. The second-order valence-electron chi connectivity index (χ2n) is 9.20. The highest BCUT2D eigenvalue weighted by molar-refractivity contribution is 9.10. The molecule has 0 spiro atoms. The van der Waals surface area contributed by atoms with Gasteiger partial charge in [-0.15, -0.1) is 0 Å². The minimum atomic E-state index is 1.07. The number of para-hydroxylation sites is 2. The van der Waals surface area contributed by atoms with Gasteiger partial charge in [-0.2, -0.15) is 0 Å². The van der Waals surface area contributed by atoms with E-state index in [1.807, 2.05) is 0 Å². The van der Waals surface area contributed by atoms with Gasteiger partial charge in [0.25, 0.3) is 0 Å². The Hall–Kier alpha value is -4.34. The maximum absolute atomic E-state index is 3.70. The quantitative estimate of drug-likeness (QED) is 0.216. The molecule has 3 heteroatoms. The van der Waals surface area contributed by atoms with Crippen LogP contribution < -0.4 is 4.90 Å². The average Bonchev–Trinajstić information content (AvgIpc) is 3.27. The van der Waals surface area contributed by atoms with Gasteiger partial charge in [-0.1, -0.05) is 101 Å². The van der Waals surface area contributed by atoms with Crippen molar-refractivity contribution in [2.45, 2.75) is 0 Å². The molecule has 1 heterocycles. The third kappa shape index (κ3) is 3.71. The second-order valence-corrected chi connectivity index (χ2v) is 10.1. The molecule has 0 aliphatic rings. The molecule has 0 N–H and O–H groups in total. The van der Waals surface area contributed by atoms with Crippen molar-refractivity contribution in [1.82, 2.24) is 4.57 Å². The van der Waals surface area contributed by atoms with E-state index in [9.17, 15) is 0 Å². The van der Waals surface area contributed by atoms with E-state index in [1.165, 1.54) is 32.6 Å². The number of hydrogen-bond acceptors (Lipinski definition) is 1. The van der Waals surface area contributed by atoms with Crippen LogP contribution in [0.15, 0.2) is 144 Å².